The number of oxazole rings is 1. The van der Waals surface area contributed by atoms with Gasteiger partial charge in [0.25, 0.3) is 0 Å². The van der Waals surface area contributed by atoms with Crippen LogP contribution in [0.5, 0.6) is 0 Å². The molecule has 0 atom stereocenters. The van der Waals surface area contributed by atoms with Crippen LogP contribution in [0.4, 0.5) is 0 Å². The van der Waals surface area contributed by atoms with E-state index in [1.807, 2.05) is 30.3 Å². The lowest BCUT2D eigenvalue weighted by Gasteiger charge is -2.33. The van der Waals surface area contributed by atoms with E-state index in [0.717, 1.165) is 31.2 Å². The summed E-state index contributed by atoms with van der Waals surface area (Å²) in [5.41, 5.74) is 1.13. The Hall–Kier alpha value is -2.67. The lowest BCUT2D eigenvalue weighted by Crippen LogP contribution is -2.42. The topological polar surface area (TPSA) is 81.9 Å². The van der Waals surface area contributed by atoms with Crippen molar-refractivity contribution in [2.75, 3.05) is 13.7 Å². The summed E-state index contributed by atoms with van der Waals surface area (Å²) >= 11 is 0. The minimum absolute atomic E-state index is 0.00401. The first-order valence-corrected chi connectivity index (χ1v) is 9.61. The van der Waals surface area contributed by atoms with Gasteiger partial charge in [-0.1, -0.05) is 49.6 Å². The largest absolute Gasteiger partial charge is 0.464 e. The molecule has 2 aromatic rings. The van der Waals surface area contributed by atoms with Gasteiger partial charge in [0, 0.05) is 6.04 Å². The molecule has 28 heavy (non-hydrogen) atoms. The summed E-state index contributed by atoms with van der Waals surface area (Å²) in [6.45, 7) is 0.599. The molecule has 1 fully saturated rings. The van der Waals surface area contributed by atoms with Crippen molar-refractivity contribution in [3.05, 3.63) is 53.7 Å². The van der Waals surface area contributed by atoms with Crippen molar-refractivity contribution < 1.29 is 23.5 Å². The van der Waals surface area contributed by atoms with Crippen LogP contribution in [0.3, 0.4) is 0 Å². The number of rotatable bonds is 8. The Morgan fingerprint density at radius 2 is 1.93 bits per heavy atom. The van der Waals surface area contributed by atoms with Gasteiger partial charge in [-0.25, -0.2) is 9.78 Å². The van der Waals surface area contributed by atoms with Gasteiger partial charge in [0.2, 0.25) is 11.8 Å². The number of methoxy groups -OCH3 is 1. The highest BCUT2D eigenvalue weighted by atomic mass is 16.5. The van der Waals surface area contributed by atoms with Crippen LogP contribution in [0.15, 0.2) is 41.0 Å². The summed E-state index contributed by atoms with van der Waals surface area (Å²) in [5.74, 6) is -0.334. The first-order chi connectivity index (χ1) is 13.7. The minimum Gasteiger partial charge on any atom is -0.464 e. The summed E-state index contributed by atoms with van der Waals surface area (Å²) in [6, 6.07) is 9.88. The molecule has 1 saturated carbocycles. The molecular weight excluding hydrogens is 360 g/mol. The Labute approximate surface area is 164 Å². The van der Waals surface area contributed by atoms with Gasteiger partial charge in [0.05, 0.1) is 20.3 Å². The predicted molar refractivity (Wildman–Crippen MR) is 101 cm³/mol. The normalized spacial score (nSPS) is 14.6. The third-order valence-corrected chi connectivity index (χ3v) is 4.92. The zero-order chi connectivity index (χ0) is 19.8. The lowest BCUT2D eigenvalue weighted by atomic mass is 9.94. The van der Waals surface area contributed by atoms with Gasteiger partial charge in [-0.3, -0.25) is 4.79 Å². The molecule has 1 amide bonds. The molecule has 1 aromatic heterocycles. The molecule has 0 spiro atoms. The highest BCUT2D eigenvalue weighted by Gasteiger charge is 2.27. The van der Waals surface area contributed by atoms with E-state index >= 15 is 0 Å². The number of ether oxygens (including phenoxy) is 2. The van der Waals surface area contributed by atoms with Gasteiger partial charge in [0.15, 0.2) is 5.69 Å². The first-order valence-electron chi connectivity index (χ1n) is 9.61. The van der Waals surface area contributed by atoms with E-state index in [1.54, 1.807) is 4.90 Å². The fourth-order valence-electron chi connectivity index (χ4n) is 3.45. The van der Waals surface area contributed by atoms with Crippen molar-refractivity contribution in [1.82, 2.24) is 9.88 Å². The number of aromatic nitrogens is 1. The van der Waals surface area contributed by atoms with Crippen molar-refractivity contribution in [2.45, 2.75) is 51.3 Å². The number of nitrogens with zero attached hydrogens (tertiary/aromatic N) is 2. The maximum atomic E-state index is 12.9. The third kappa shape index (κ3) is 5.42. The number of carbonyl (C=O) groups excluding carboxylic acids is 2. The van der Waals surface area contributed by atoms with Crippen molar-refractivity contribution in [2.24, 2.45) is 0 Å². The van der Waals surface area contributed by atoms with Crippen LogP contribution in [0.2, 0.25) is 0 Å². The van der Waals surface area contributed by atoms with Crippen LogP contribution in [0, 0.1) is 0 Å². The summed E-state index contributed by atoms with van der Waals surface area (Å²) in [5, 5.41) is 0. The molecule has 0 radical (unpaired) electrons. The summed E-state index contributed by atoms with van der Waals surface area (Å²) < 4.78 is 15.7. The van der Waals surface area contributed by atoms with E-state index in [-0.39, 0.29) is 30.8 Å². The highest BCUT2D eigenvalue weighted by molar-refractivity contribution is 5.86. The number of hydrogen-bond acceptors (Lipinski definition) is 6. The maximum absolute atomic E-state index is 12.9. The third-order valence-electron chi connectivity index (χ3n) is 4.92. The van der Waals surface area contributed by atoms with Crippen LogP contribution in [-0.2, 0) is 27.4 Å². The lowest BCUT2D eigenvalue weighted by molar-refractivity contribution is -0.140. The summed E-state index contributed by atoms with van der Waals surface area (Å²) in [4.78, 5) is 30.4. The summed E-state index contributed by atoms with van der Waals surface area (Å²) in [6.07, 6.45) is 6.55. The van der Waals surface area contributed by atoms with Gasteiger partial charge in [0.1, 0.15) is 12.9 Å². The number of benzene rings is 1. The van der Waals surface area contributed by atoms with Gasteiger partial charge in [-0.2, -0.15) is 0 Å². The molecule has 0 aliphatic heterocycles. The average molecular weight is 386 g/mol. The Morgan fingerprint density at radius 3 is 2.64 bits per heavy atom. The molecule has 150 valence electrons. The van der Waals surface area contributed by atoms with Crippen molar-refractivity contribution >= 4 is 11.9 Å². The highest BCUT2D eigenvalue weighted by Crippen LogP contribution is 2.24. The van der Waals surface area contributed by atoms with Crippen LogP contribution in [-0.4, -0.2) is 41.5 Å². The average Bonchev–Trinajstić information content (AvgIpc) is 3.21. The zero-order valence-electron chi connectivity index (χ0n) is 16.1. The number of hydrogen-bond donors (Lipinski definition) is 0. The molecule has 7 nitrogen and oxygen atoms in total. The number of carbonyl (C=O) groups is 2. The summed E-state index contributed by atoms with van der Waals surface area (Å²) in [7, 11) is 1.29. The maximum Gasteiger partial charge on any atom is 0.360 e. The van der Waals surface area contributed by atoms with Crippen LogP contribution < -0.4 is 0 Å². The molecule has 1 aliphatic carbocycles. The van der Waals surface area contributed by atoms with E-state index < -0.39 is 5.97 Å². The van der Waals surface area contributed by atoms with Crippen molar-refractivity contribution in [1.29, 1.82) is 0 Å². The molecule has 0 bridgehead atoms. The SMILES string of the molecule is COC(=O)c1coc(CN(C(=O)COCc2ccccc2)C2CCCCC2)n1. The first kappa shape index (κ1) is 20.1. The standard InChI is InChI=1S/C21H26N2O5/c1-26-21(25)18-14-28-19(22-18)12-23(17-10-6-3-7-11-17)20(24)15-27-13-16-8-4-2-5-9-16/h2,4-5,8-9,14,17H,3,6-7,10-13,15H2,1H3. The second kappa shape index (κ2) is 10.0. The molecule has 1 heterocycles. The van der Waals surface area contributed by atoms with E-state index in [4.69, 9.17) is 9.15 Å². The van der Waals surface area contributed by atoms with E-state index in [2.05, 4.69) is 9.72 Å². The molecule has 3 rings (SSSR count). The fourth-order valence-corrected chi connectivity index (χ4v) is 3.45. The fraction of sp³-hybridized carbons (Fsp3) is 0.476. The molecule has 1 aromatic carbocycles. The second-order valence-corrected chi connectivity index (χ2v) is 6.91. The van der Waals surface area contributed by atoms with Gasteiger partial charge >= 0.3 is 5.97 Å². The van der Waals surface area contributed by atoms with Gasteiger partial charge in [-0.05, 0) is 18.4 Å². The Morgan fingerprint density at radius 1 is 1.18 bits per heavy atom. The van der Waals surface area contributed by atoms with Crippen molar-refractivity contribution in [3.63, 3.8) is 0 Å². The second-order valence-electron chi connectivity index (χ2n) is 6.91. The zero-order valence-corrected chi connectivity index (χ0v) is 16.1. The van der Waals surface area contributed by atoms with Gasteiger partial charge in [-0.15, -0.1) is 0 Å². The quantitative estimate of drug-likeness (QED) is 0.647. The molecule has 0 saturated heterocycles. The predicted octanol–water partition coefficient (Wildman–Crippen LogP) is 3.34. The van der Waals surface area contributed by atoms with Crippen LogP contribution >= 0.6 is 0 Å². The van der Waals surface area contributed by atoms with Crippen molar-refractivity contribution in [3.8, 4) is 0 Å². The molecular formula is C21H26N2O5. The Kier molecular flexibility index (Phi) is 7.19. The Balaban J connectivity index is 1.63. The van der Waals surface area contributed by atoms with E-state index in [9.17, 15) is 9.59 Å². The minimum atomic E-state index is -0.559. The monoisotopic (exact) mass is 386 g/mol. The van der Waals surface area contributed by atoms with Gasteiger partial charge < -0.3 is 18.8 Å². The van der Waals surface area contributed by atoms with E-state index in [1.165, 1.54) is 19.8 Å². The molecule has 7 heteroatoms. The molecule has 1 aliphatic rings. The van der Waals surface area contributed by atoms with Crippen LogP contribution in [0.1, 0.15) is 54.0 Å². The number of esters is 1. The Bertz CT molecular complexity index is 768. The molecule has 0 N–H and O–H groups in total. The molecule has 0 unspecified atom stereocenters. The van der Waals surface area contributed by atoms with E-state index in [0.29, 0.717) is 12.5 Å². The smallest absolute Gasteiger partial charge is 0.360 e. The van der Waals surface area contributed by atoms with Crippen LogP contribution in [0.25, 0.3) is 0 Å². The number of amides is 1.